The highest BCUT2D eigenvalue weighted by atomic mass is 32.1. The molecule has 0 fully saturated rings. The molecule has 1 amide bonds. The van der Waals surface area contributed by atoms with E-state index in [9.17, 15) is 9.59 Å². The molecule has 0 saturated heterocycles. The van der Waals surface area contributed by atoms with Gasteiger partial charge in [-0.25, -0.2) is 4.98 Å². The van der Waals surface area contributed by atoms with Crippen LogP contribution in [0.5, 0.6) is 11.5 Å². The SMILES string of the molecule is CC(=O)c1cccc(NC(=O)c2sc3nc4cc5c(cc4cc3c2N=NN)OCCO5)c1. The first kappa shape index (κ1) is 19.9. The van der Waals surface area contributed by atoms with Crippen molar-refractivity contribution in [1.29, 1.82) is 0 Å². The Morgan fingerprint density at radius 2 is 1.91 bits per heavy atom. The van der Waals surface area contributed by atoms with Gasteiger partial charge >= 0.3 is 0 Å². The molecule has 0 saturated carbocycles. The van der Waals surface area contributed by atoms with Crippen molar-refractivity contribution < 1.29 is 19.1 Å². The molecule has 0 aliphatic carbocycles. The summed E-state index contributed by atoms with van der Waals surface area (Å²) in [5.74, 6) is 6.12. The predicted octanol–water partition coefficient (Wildman–Crippen LogP) is 4.63. The summed E-state index contributed by atoms with van der Waals surface area (Å²) in [6, 6.07) is 12.3. The highest BCUT2D eigenvalue weighted by Crippen LogP contribution is 2.41. The molecule has 5 rings (SSSR count). The zero-order chi connectivity index (χ0) is 22.2. The number of fused-ring (bicyclic) bond motifs is 3. The second-order valence-electron chi connectivity index (χ2n) is 7.12. The van der Waals surface area contributed by atoms with Gasteiger partial charge in [0.15, 0.2) is 17.3 Å². The van der Waals surface area contributed by atoms with E-state index in [2.05, 4.69) is 15.7 Å². The molecular weight excluding hydrogens is 430 g/mol. The summed E-state index contributed by atoms with van der Waals surface area (Å²) in [7, 11) is 0. The zero-order valence-corrected chi connectivity index (χ0v) is 17.7. The van der Waals surface area contributed by atoms with Gasteiger partial charge in [-0.1, -0.05) is 17.4 Å². The summed E-state index contributed by atoms with van der Waals surface area (Å²) >= 11 is 1.18. The molecule has 0 spiro atoms. The minimum absolute atomic E-state index is 0.0906. The molecule has 160 valence electrons. The maximum atomic E-state index is 13.1. The van der Waals surface area contributed by atoms with Crippen molar-refractivity contribution in [1.82, 2.24) is 4.98 Å². The van der Waals surface area contributed by atoms with Crippen LogP contribution in [0.15, 0.2) is 52.8 Å². The first-order valence-corrected chi connectivity index (χ1v) is 10.6. The lowest BCUT2D eigenvalue weighted by atomic mass is 10.1. The maximum Gasteiger partial charge on any atom is 0.268 e. The predicted molar refractivity (Wildman–Crippen MR) is 121 cm³/mol. The fourth-order valence-corrected chi connectivity index (χ4v) is 4.52. The normalized spacial score (nSPS) is 13.0. The Balaban J connectivity index is 1.59. The van der Waals surface area contributed by atoms with Gasteiger partial charge in [0.05, 0.1) is 5.52 Å². The number of nitrogens with zero attached hydrogens (tertiary/aromatic N) is 3. The van der Waals surface area contributed by atoms with E-state index < -0.39 is 5.91 Å². The fraction of sp³-hybridized carbons (Fsp3) is 0.136. The molecule has 0 atom stereocenters. The fourth-order valence-electron chi connectivity index (χ4n) is 3.52. The van der Waals surface area contributed by atoms with Gasteiger partial charge in [0.25, 0.3) is 5.91 Å². The molecular formula is C22H17N5O4S. The number of anilines is 1. The highest BCUT2D eigenvalue weighted by Gasteiger charge is 2.22. The first-order chi connectivity index (χ1) is 15.5. The van der Waals surface area contributed by atoms with Crippen molar-refractivity contribution in [3.63, 3.8) is 0 Å². The lowest BCUT2D eigenvalue weighted by Crippen LogP contribution is -2.15. The molecule has 1 aliphatic heterocycles. The average molecular weight is 447 g/mol. The first-order valence-electron chi connectivity index (χ1n) is 9.73. The molecule has 1 aliphatic rings. The van der Waals surface area contributed by atoms with Gasteiger partial charge in [-0.15, -0.1) is 16.5 Å². The Morgan fingerprint density at radius 3 is 2.66 bits per heavy atom. The van der Waals surface area contributed by atoms with Crippen LogP contribution in [-0.2, 0) is 0 Å². The van der Waals surface area contributed by atoms with E-state index >= 15 is 0 Å². The number of ether oxygens (including phenoxy) is 2. The number of aromatic nitrogens is 1. The van der Waals surface area contributed by atoms with E-state index in [1.165, 1.54) is 18.3 Å². The molecule has 0 radical (unpaired) electrons. The Bertz CT molecular complexity index is 1430. The largest absolute Gasteiger partial charge is 0.486 e. The smallest absolute Gasteiger partial charge is 0.268 e. The van der Waals surface area contributed by atoms with Crippen molar-refractivity contribution in [2.24, 2.45) is 16.2 Å². The molecule has 0 bridgehead atoms. The third kappa shape index (κ3) is 3.50. The maximum absolute atomic E-state index is 13.1. The van der Waals surface area contributed by atoms with Crippen molar-refractivity contribution in [2.75, 3.05) is 18.5 Å². The lowest BCUT2D eigenvalue weighted by Gasteiger charge is -2.18. The van der Waals surface area contributed by atoms with Crippen LogP contribution in [0.2, 0.25) is 0 Å². The van der Waals surface area contributed by atoms with Crippen molar-refractivity contribution >= 4 is 55.5 Å². The number of Topliss-reactive ketones (excluding diaryl/α,β-unsaturated/α-hetero) is 1. The summed E-state index contributed by atoms with van der Waals surface area (Å²) in [4.78, 5) is 30.3. The van der Waals surface area contributed by atoms with Crippen LogP contribution < -0.4 is 20.6 Å². The van der Waals surface area contributed by atoms with Crippen molar-refractivity contribution in [2.45, 2.75) is 6.92 Å². The lowest BCUT2D eigenvalue weighted by molar-refractivity contribution is 0.101. The monoisotopic (exact) mass is 447 g/mol. The molecule has 9 nitrogen and oxygen atoms in total. The third-order valence-electron chi connectivity index (χ3n) is 5.00. The molecule has 32 heavy (non-hydrogen) atoms. The zero-order valence-electron chi connectivity index (χ0n) is 16.9. The van der Waals surface area contributed by atoms with Gasteiger partial charge in [-0.3, -0.25) is 9.59 Å². The summed E-state index contributed by atoms with van der Waals surface area (Å²) < 4.78 is 11.3. The average Bonchev–Trinajstić information content (AvgIpc) is 3.14. The number of nitrogens with one attached hydrogen (secondary N) is 1. The molecule has 3 N–H and O–H groups in total. The number of hydrogen-bond acceptors (Lipinski definition) is 8. The standard InChI is InChI=1S/C22H17N5O4S/c1-11(28)12-3-2-4-14(7-12)24-21(29)20-19(26-27-23)15-8-13-9-17-18(31-6-5-30-17)10-16(13)25-22(15)32-20/h2-4,7-10H,5-6H2,1H3,(H2,23,26)(H,24,29). The number of carbonyl (C=O) groups is 2. The van der Waals surface area contributed by atoms with Gasteiger partial charge in [0, 0.05) is 28.1 Å². The van der Waals surface area contributed by atoms with Crippen LogP contribution in [0.4, 0.5) is 11.4 Å². The number of benzene rings is 2. The highest BCUT2D eigenvalue weighted by molar-refractivity contribution is 7.21. The Hall–Kier alpha value is -4.05. The van der Waals surface area contributed by atoms with Gasteiger partial charge in [-0.05, 0) is 31.2 Å². The Morgan fingerprint density at radius 1 is 1.12 bits per heavy atom. The van der Waals surface area contributed by atoms with Crippen LogP contribution in [0.1, 0.15) is 27.0 Å². The number of nitrogens with two attached hydrogens (primary N) is 1. The van der Waals surface area contributed by atoms with Crippen LogP contribution in [0, 0.1) is 0 Å². The molecule has 10 heteroatoms. The quantitative estimate of drug-likeness (QED) is 0.203. The van der Waals surface area contributed by atoms with Crippen LogP contribution in [0.25, 0.3) is 21.1 Å². The minimum Gasteiger partial charge on any atom is -0.486 e. The number of amides is 1. The third-order valence-corrected chi connectivity index (χ3v) is 6.09. The molecule has 2 aromatic heterocycles. The molecule has 2 aromatic carbocycles. The number of thiophene rings is 1. The number of hydrogen-bond donors (Lipinski definition) is 2. The van der Waals surface area contributed by atoms with E-state index in [1.54, 1.807) is 24.3 Å². The number of rotatable bonds is 4. The van der Waals surface area contributed by atoms with Crippen molar-refractivity contribution in [3.8, 4) is 11.5 Å². The number of ketones is 1. The van der Waals surface area contributed by atoms with E-state index in [0.29, 0.717) is 62.3 Å². The van der Waals surface area contributed by atoms with Crippen LogP contribution in [-0.4, -0.2) is 29.9 Å². The van der Waals surface area contributed by atoms with E-state index in [0.717, 1.165) is 5.39 Å². The topological polar surface area (TPSA) is 128 Å². The Kier molecular flexibility index (Phi) is 4.91. The van der Waals surface area contributed by atoms with Crippen molar-refractivity contribution in [3.05, 3.63) is 52.9 Å². The van der Waals surface area contributed by atoms with Gasteiger partial charge in [0.2, 0.25) is 0 Å². The summed E-state index contributed by atoms with van der Waals surface area (Å²) in [5, 5.41) is 11.7. The van der Waals surface area contributed by atoms with E-state index in [1.807, 2.05) is 18.2 Å². The van der Waals surface area contributed by atoms with E-state index in [4.69, 9.17) is 20.3 Å². The minimum atomic E-state index is -0.397. The number of carbonyl (C=O) groups excluding carboxylic acids is 2. The van der Waals surface area contributed by atoms with Crippen LogP contribution in [0.3, 0.4) is 0 Å². The summed E-state index contributed by atoms with van der Waals surface area (Å²) in [6.45, 7) is 2.43. The van der Waals surface area contributed by atoms with Gasteiger partial charge in [0.1, 0.15) is 28.6 Å². The molecule has 0 unspecified atom stereocenters. The summed E-state index contributed by atoms with van der Waals surface area (Å²) in [6.07, 6.45) is 0. The second kappa shape index (κ2) is 7.89. The van der Waals surface area contributed by atoms with Gasteiger partial charge < -0.3 is 20.6 Å². The molecule has 4 aromatic rings. The second-order valence-corrected chi connectivity index (χ2v) is 8.12. The Labute approximate surface area is 185 Å². The summed E-state index contributed by atoms with van der Waals surface area (Å²) in [5.41, 5.74) is 2.04. The number of pyridine rings is 1. The van der Waals surface area contributed by atoms with Crippen LogP contribution >= 0.6 is 11.3 Å². The van der Waals surface area contributed by atoms with Gasteiger partial charge in [-0.2, -0.15) is 0 Å². The molecule has 3 heterocycles. The van der Waals surface area contributed by atoms with E-state index in [-0.39, 0.29) is 5.78 Å².